The topological polar surface area (TPSA) is 49.6 Å². The molecule has 1 amide bonds. The van der Waals surface area contributed by atoms with Crippen molar-refractivity contribution < 1.29 is 4.79 Å². The molecule has 5 rings (SSSR count). The van der Waals surface area contributed by atoms with Gasteiger partial charge in [-0.25, -0.2) is 4.98 Å². The van der Waals surface area contributed by atoms with Crippen LogP contribution in [-0.2, 0) is 11.2 Å². The summed E-state index contributed by atoms with van der Waals surface area (Å²) in [7, 11) is 0. The van der Waals surface area contributed by atoms with Crippen molar-refractivity contribution in [1.82, 2.24) is 19.6 Å². The van der Waals surface area contributed by atoms with Gasteiger partial charge >= 0.3 is 0 Å². The number of carbonyl (C=O) groups is 1. The minimum atomic E-state index is 0.0170. The highest BCUT2D eigenvalue weighted by Crippen LogP contribution is 2.34. The first kappa shape index (κ1) is 21.6. The van der Waals surface area contributed by atoms with Gasteiger partial charge in [-0.1, -0.05) is 41.6 Å². The maximum Gasteiger partial charge on any atom is 0.258 e. The number of aryl methyl sites for hydroxylation is 1. The van der Waals surface area contributed by atoms with Crippen LogP contribution in [0.4, 0.5) is 0 Å². The second-order valence-electron chi connectivity index (χ2n) is 8.58. The van der Waals surface area contributed by atoms with Crippen molar-refractivity contribution in [1.29, 1.82) is 0 Å². The molecule has 0 aliphatic carbocycles. The number of thioether (sulfide) groups is 1. The molecule has 1 fully saturated rings. The second kappa shape index (κ2) is 9.69. The molecule has 1 saturated heterocycles. The first-order chi connectivity index (χ1) is 15.7. The molecule has 4 heterocycles. The Kier molecular flexibility index (Phi) is 6.53. The Bertz CT molecular complexity index is 1150. The molecule has 0 atom stereocenters. The van der Waals surface area contributed by atoms with Crippen LogP contribution < -0.4 is 5.32 Å². The van der Waals surface area contributed by atoms with E-state index in [0.717, 1.165) is 78.2 Å². The first-order valence-electron chi connectivity index (χ1n) is 11.3. The molecule has 1 aromatic carbocycles. The van der Waals surface area contributed by atoms with Crippen LogP contribution in [-0.4, -0.2) is 46.4 Å². The third kappa shape index (κ3) is 4.87. The Labute approximate surface area is 197 Å². The van der Waals surface area contributed by atoms with Crippen LogP contribution in [0.5, 0.6) is 0 Å². The number of nitrogens with one attached hydrogen (secondary N) is 1. The van der Waals surface area contributed by atoms with Crippen molar-refractivity contribution in [3.63, 3.8) is 0 Å². The van der Waals surface area contributed by atoms with Crippen molar-refractivity contribution in [3.8, 4) is 0 Å². The summed E-state index contributed by atoms with van der Waals surface area (Å²) >= 11 is 7.59. The summed E-state index contributed by atoms with van der Waals surface area (Å²) in [5.74, 6) is 0.565. The third-order valence-electron chi connectivity index (χ3n) is 6.33. The number of halogens is 1. The number of rotatable bonds is 7. The quantitative estimate of drug-likeness (QED) is 0.538. The van der Waals surface area contributed by atoms with Gasteiger partial charge < -0.3 is 10.2 Å². The Morgan fingerprint density at radius 2 is 2.03 bits per heavy atom. The number of piperidine rings is 1. The molecule has 2 aromatic heterocycles. The van der Waals surface area contributed by atoms with Crippen LogP contribution in [0.3, 0.4) is 0 Å². The molecule has 0 saturated carbocycles. The van der Waals surface area contributed by atoms with E-state index in [-0.39, 0.29) is 5.91 Å². The number of likely N-dealkylation sites (tertiary alicyclic amines) is 1. The van der Waals surface area contributed by atoms with Crippen molar-refractivity contribution in [3.05, 3.63) is 69.8 Å². The van der Waals surface area contributed by atoms with E-state index in [1.807, 2.05) is 42.6 Å². The fourth-order valence-electron chi connectivity index (χ4n) is 4.54. The molecule has 32 heavy (non-hydrogen) atoms. The molecule has 7 heteroatoms. The summed E-state index contributed by atoms with van der Waals surface area (Å²) < 4.78 is 2.09. The predicted molar refractivity (Wildman–Crippen MR) is 131 cm³/mol. The minimum Gasteiger partial charge on any atom is -0.351 e. The number of pyridine rings is 1. The third-order valence-corrected chi connectivity index (χ3v) is 7.61. The van der Waals surface area contributed by atoms with Gasteiger partial charge in [0.15, 0.2) is 0 Å². The molecule has 0 unspecified atom stereocenters. The molecule has 1 N–H and O–H groups in total. The standard InChI is InChI=1S/C25H27ClN4OS/c26-20-6-1-4-18(14-20)5-3-11-29-12-9-19(10-13-29)16-28-25(31)22-15-21-17-27-23-7-2-8-24(32-22)30(21)23/h1-2,4,6-8,14-15,17,19H,3,5,9-13,16H2,(H,28,31). The lowest BCUT2D eigenvalue weighted by Gasteiger charge is -2.32. The van der Waals surface area contributed by atoms with Crippen LogP contribution >= 0.6 is 23.4 Å². The van der Waals surface area contributed by atoms with Crippen molar-refractivity contribution in [2.75, 3.05) is 26.2 Å². The number of hydrogen-bond acceptors (Lipinski definition) is 4. The lowest BCUT2D eigenvalue weighted by molar-refractivity contribution is -0.117. The smallest absolute Gasteiger partial charge is 0.258 e. The summed E-state index contributed by atoms with van der Waals surface area (Å²) in [6.45, 7) is 4.08. The zero-order valence-electron chi connectivity index (χ0n) is 18.0. The Balaban J connectivity index is 1.06. The van der Waals surface area contributed by atoms with Gasteiger partial charge in [0.1, 0.15) is 5.65 Å². The van der Waals surface area contributed by atoms with Crippen LogP contribution in [0.2, 0.25) is 5.02 Å². The van der Waals surface area contributed by atoms with E-state index in [1.54, 1.807) is 0 Å². The number of imidazole rings is 1. The lowest BCUT2D eigenvalue weighted by atomic mass is 9.96. The number of nitrogens with zero attached hydrogens (tertiary/aromatic N) is 3. The molecule has 0 spiro atoms. The first-order valence-corrected chi connectivity index (χ1v) is 12.5. The van der Waals surface area contributed by atoms with Gasteiger partial charge in [-0.15, -0.1) is 0 Å². The van der Waals surface area contributed by atoms with E-state index >= 15 is 0 Å². The number of carbonyl (C=O) groups excluding carboxylic acids is 1. The SMILES string of the molecule is O=C(NCC1CCN(CCCc2cccc(Cl)c2)CC1)C1=Cc2cnc3cccc(n23)S1. The molecule has 2 aliphatic rings. The molecule has 0 bridgehead atoms. The highest BCUT2D eigenvalue weighted by Gasteiger charge is 2.23. The average molecular weight is 467 g/mol. The van der Waals surface area contributed by atoms with Crippen molar-refractivity contribution >= 4 is 41.0 Å². The summed E-state index contributed by atoms with van der Waals surface area (Å²) in [6, 6.07) is 14.2. The number of benzene rings is 1. The van der Waals surface area contributed by atoms with Gasteiger partial charge in [-0.05, 0) is 87.1 Å². The monoisotopic (exact) mass is 466 g/mol. The normalized spacial score (nSPS) is 16.8. The van der Waals surface area contributed by atoms with E-state index < -0.39 is 0 Å². The fourth-order valence-corrected chi connectivity index (χ4v) is 5.76. The lowest BCUT2D eigenvalue weighted by Crippen LogP contribution is -2.39. The maximum atomic E-state index is 12.8. The molecule has 0 radical (unpaired) electrons. The Morgan fingerprint density at radius 3 is 2.88 bits per heavy atom. The Morgan fingerprint density at radius 1 is 1.19 bits per heavy atom. The van der Waals surface area contributed by atoms with Gasteiger partial charge in [0.2, 0.25) is 0 Å². The van der Waals surface area contributed by atoms with Crippen molar-refractivity contribution in [2.24, 2.45) is 5.92 Å². The maximum absolute atomic E-state index is 12.8. The summed E-state index contributed by atoms with van der Waals surface area (Å²) in [5.41, 5.74) is 3.19. The van der Waals surface area contributed by atoms with Gasteiger partial charge in [0.05, 0.1) is 21.8 Å². The van der Waals surface area contributed by atoms with E-state index in [0.29, 0.717) is 5.92 Å². The number of aromatic nitrogens is 2. The molecule has 3 aromatic rings. The molecular formula is C25H27ClN4OS. The van der Waals surface area contributed by atoms with Crippen LogP contribution in [0, 0.1) is 5.92 Å². The summed E-state index contributed by atoms with van der Waals surface area (Å²) in [5, 5.41) is 5.02. The molecule has 2 aliphatic heterocycles. The highest BCUT2D eigenvalue weighted by molar-refractivity contribution is 8.04. The van der Waals surface area contributed by atoms with Crippen LogP contribution in [0.1, 0.15) is 30.5 Å². The van der Waals surface area contributed by atoms with E-state index in [1.165, 1.54) is 17.3 Å². The summed E-state index contributed by atoms with van der Waals surface area (Å²) in [6.07, 6.45) is 8.25. The van der Waals surface area contributed by atoms with Gasteiger partial charge in [-0.2, -0.15) is 0 Å². The number of hydrogen-bond donors (Lipinski definition) is 1. The Hall–Kier alpha value is -2.28. The van der Waals surface area contributed by atoms with Crippen LogP contribution in [0.15, 0.2) is 58.6 Å². The highest BCUT2D eigenvalue weighted by atomic mass is 35.5. The molecular weight excluding hydrogens is 440 g/mol. The van der Waals surface area contributed by atoms with Gasteiger partial charge in [0.25, 0.3) is 5.91 Å². The largest absolute Gasteiger partial charge is 0.351 e. The zero-order valence-corrected chi connectivity index (χ0v) is 19.5. The van der Waals surface area contributed by atoms with Crippen molar-refractivity contribution in [2.45, 2.75) is 30.7 Å². The molecule has 5 nitrogen and oxygen atoms in total. The van der Waals surface area contributed by atoms with Gasteiger partial charge in [-0.3, -0.25) is 9.20 Å². The predicted octanol–water partition coefficient (Wildman–Crippen LogP) is 4.90. The second-order valence-corrected chi connectivity index (χ2v) is 10.1. The van der Waals surface area contributed by atoms with E-state index in [9.17, 15) is 4.79 Å². The average Bonchev–Trinajstić information content (AvgIpc) is 3.23. The minimum absolute atomic E-state index is 0.0170. The summed E-state index contributed by atoms with van der Waals surface area (Å²) in [4.78, 5) is 20.5. The molecule has 166 valence electrons. The zero-order chi connectivity index (χ0) is 21.9. The number of amides is 1. The van der Waals surface area contributed by atoms with Gasteiger partial charge in [0, 0.05) is 11.6 Å². The van der Waals surface area contributed by atoms with E-state index in [2.05, 4.69) is 31.7 Å². The van der Waals surface area contributed by atoms with Crippen LogP contribution in [0.25, 0.3) is 11.7 Å². The fraction of sp³-hybridized carbons (Fsp3) is 0.360. The van der Waals surface area contributed by atoms with E-state index in [4.69, 9.17) is 11.6 Å².